The Morgan fingerprint density at radius 1 is 1.39 bits per heavy atom. The van der Waals surface area contributed by atoms with Crippen LogP contribution >= 0.6 is 34.7 Å². The maximum atomic E-state index is 13.2. The Kier molecular flexibility index (Phi) is 9.57. The van der Waals surface area contributed by atoms with Crippen molar-refractivity contribution in [3.8, 4) is 0 Å². The number of nitrogens with zero attached hydrogens (tertiary/aromatic N) is 2. The molecule has 1 aromatic carbocycles. The summed E-state index contributed by atoms with van der Waals surface area (Å²) >= 11 is 8.79. The first-order valence-corrected chi connectivity index (χ1v) is 12.4. The molecule has 3 rings (SSSR count). The summed E-state index contributed by atoms with van der Waals surface area (Å²) in [6, 6.07) is 4.18. The van der Waals surface area contributed by atoms with E-state index in [1.165, 1.54) is 41.7 Å². The molecule has 1 heterocycles. The summed E-state index contributed by atoms with van der Waals surface area (Å²) in [4.78, 5) is 29.6. The van der Waals surface area contributed by atoms with Crippen LogP contribution in [-0.2, 0) is 16.1 Å². The molecule has 1 aromatic heterocycles. The number of benzene rings is 1. The van der Waals surface area contributed by atoms with Crippen LogP contribution in [0.2, 0.25) is 5.02 Å². The van der Waals surface area contributed by atoms with E-state index < -0.39 is 0 Å². The molecule has 1 fully saturated rings. The number of ether oxygens (including phenoxy) is 1. The second-order valence-electron chi connectivity index (χ2n) is 7.17. The fourth-order valence-corrected chi connectivity index (χ4v) is 5.29. The minimum atomic E-state index is -0.385. The van der Waals surface area contributed by atoms with Gasteiger partial charge in [-0.3, -0.25) is 5.32 Å². The molecule has 0 unspecified atom stereocenters. The second kappa shape index (κ2) is 12.4. The molecule has 0 radical (unpaired) electrons. The highest BCUT2D eigenvalue weighted by Crippen LogP contribution is 2.29. The van der Waals surface area contributed by atoms with Gasteiger partial charge < -0.3 is 14.4 Å². The van der Waals surface area contributed by atoms with Crippen molar-refractivity contribution in [1.82, 2.24) is 9.88 Å². The molecule has 0 bridgehead atoms. The van der Waals surface area contributed by atoms with E-state index in [0.717, 1.165) is 36.2 Å². The van der Waals surface area contributed by atoms with E-state index in [1.54, 1.807) is 12.3 Å². The number of anilines is 1. The van der Waals surface area contributed by atoms with E-state index in [1.807, 2.05) is 4.90 Å². The van der Waals surface area contributed by atoms with Crippen molar-refractivity contribution < 1.29 is 18.7 Å². The fourth-order valence-electron chi connectivity index (χ4n) is 3.49. The molecule has 1 aliphatic rings. The maximum Gasteiger partial charge on any atom is 0.323 e. The van der Waals surface area contributed by atoms with Gasteiger partial charge in [0.1, 0.15) is 12.1 Å². The largest absolute Gasteiger partial charge is 0.375 e. The standard InChI is InChI=1S/C21H25ClFN3O3S2/c22-18-12-16(23)7-6-15(18)14-29-10-8-26(17-4-2-1-3-5-17)21(28)25-20-24-13-19(31-20)30-11-9-27/h6-7,9,12-13,17H,1-5,8,10-11,14H2,(H,24,25,28). The zero-order chi connectivity index (χ0) is 22.1. The number of urea groups is 1. The van der Waals surface area contributed by atoms with Gasteiger partial charge in [-0.05, 0) is 30.5 Å². The first-order chi connectivity index (χ1) is 15.1. The summed E-state index contributed by atoms with van der Waals surface area (Å²) in [5.74, 6) is -0.0251. The monoisotopic (exact) mass is 485 g/mol. The molecule has 0 spiro atoms. The van der Waals surface area contributed by atoms with E-state index in [2.05, 4.69) is 10.3 Å². The Bertz CT molecular complexity index is 877. The summed E-state index contributed by atoms with van der Waals surface area (Å²) in [5.41, 5.74) is 0.708. The minimum Gasteiger partial charge on any atom is -0.375 e. The molecule has 0 saturated heterocycles. The van der Waals surface area contributed by atoms with Gasteiger partial charge in [0.05, 0.1) is 29.4 Å². The van der Waals surface area contributed by atoms with Gasteiger partial charge >= 0.3 is 6.03 Å². The highest BCUT2D eigenvalue weighted by Gasteiger charge is 2.26. The van der Waals surface area contributed by atoms with Gasteiger partial charge in [-0.25, -0.2) is 14.2 Å². The van der Waals surface area contributed by atoms with Gasteiger partial charge in [0.2, 0.25) is 0 Å². The van der Waals surface area contributed by atoms with Crippen LogP contribution in [0.15, 0.2) is 28.6 Å². The van der Waals surface area contributed by atoms with Crippen LogP contribution in [0, 0.1) is 5.82 Å². The SMILES string of the molecule is O=CCSc1cnc(NC(=O)N(CCOCc2ccc(F)cc2Cl)C2CCCCC2)s1. The fraction of sp³-hybridized carbons (Fsp3) is 0.476. The minimum absolute atomic E-state index is 0.163. The van der Waals surface area contributed by atoms with Crippen LogP contribution < -0.4 is 5.32 Å². The van der Waals surface area contributed by atoms with Gasteiger partial charge in [-0.1, -0.05) is 48.3 Å². The molecule has 1 N–H and O–H groups in total. The number of amides is 2. The third-order valence-electron chi connectivity index (χ3n) is 5.02. The van der Waals surface area contributed by atoms with Crippen molar-refractivity contribution >= 4 is 52.1 Å². The molecule has 2 amide bonds. The van der Waals surface area contributed by atoms with Gasteiger partial charge in [0.25, 0.3) is 0 Å². The summed E-state index contributed by atoms with van der Waals surface area (Å²) in [6.07, 6.45) is 7.83. The number of aldehydes is 1. The Balaban J connectivity index is 1.56. The average Bonchev–Trinajstić information content (AvgIpc) is 3.21. The van der Waals surface area contributed by atoms with Crippen molar-refractivity contribution in [3.05, 3.63) is 40.8 Å². The van der Waals surface area contributed by atoms with E-state index >= 15 is 0 Å². The maximum absolute atomic E-state index is 13.2. The van der Waals surface area contributed by atoms with Crippen LogP contribution in [0.5, 0.6) is 0 Å². The van der Waals surface area contributed by atoms with Crippen molar-refractivity contribution in [2.45, 2.75) is 49.0 Å². The predicted molar refractivity (Wildman–Crippen MR) is 123 cm³/mol. The van der Waals surface area contributed by atoms with Crippen molar-refractivity contribution in [2.24, 2.45) is 0 Å². The quantitative estimate of drug-likeness (QED) is 0.269. The van der Waals surface area contributed by atoms with Gasteiger partial charge in [-0.15, -0.1) is 11.8 Å². The summed E-state index contributed by atoms with van der Waals surface area (Å²) in [7, 11) is 0. The van der Waals surface area contributed by atoms with E-state index in [4.69, 9.17) is 16.3 Å². The zero-order valence-electron chi connectivity index (χ0n) is 17.0. The first kappa shape index (κ1) is 24.0. The number of aromatic nitrogens is 1. The lowest BCUT2D eigenvalue weighted by molar-refractivity contribution is -0.105. The molecule has 10 heteroatoms. The molecule has 1 saturated carbocycles. The molecular weight excluding hydrogens is 461 g/mol. The Labute approximate surface area is 194 Å². The first-order valence-electron chi connectivity index (χ1n) is 10.2. The highest BCUT2D eigenvalue weighted by atomic mass is 35.5. The lowest BCUT2D eigenvalue weighted by atomic mass is 9.94. The van der Waals surface area contributed by atoms with E-state index in [0.29, 0.717) is 34.6 Å². The number of carbonyl (C=O) groups excluding carboxylic acids is 2. The number of halogens is 2. The molecule has 0 atom stereocenters. The number of nitrogens with one attached hydrogen (secondary N) is 1. The lowest BCUT2D eigenvalue weighted by Gasteiger charge is -2.34. The Morgan fingerprint density at radius 2 is 2.19 bits per heavy atom. The summed E-state index contributed by atoms with van der Waals surface area (Å²) in [5, 5.41) is 3.72. The molecule has 0 aliphatic heterocycles. The van der Waals surface area contributed by atoms with Crippen molar-refractivity contribution in [2.75, 3.05) is 24.2 Å². The smallest absolute Gasteiger partial charge is 0.323 e. The van der Waals surface area contributed by atoms with Crippen LogP contribution in [0.4, 0.5) is 14.3 Å². The van der Waals surface area contributed by atoms with Crippen LogP contribution in [-0.4, -0.2) is 47.1 Å². The third-order valence-corrected chi connectivity index (χ3v) is 7.37. The second-order valence-corrected chi connectivity index (χ2v) is 9.92. The van der Waals surface area contributed by atoms with Crippen molar-refractivity contribution in [1.29, 1.82) is 0 Å². The van der Waals surface area contributed by atoms with Crippen LogP contribution in [0.1, 0.15) is 37.7 Å². The van der Waals surface area contributed by atoms with Gasteiger partial charge in [-0.2, -0.15) is 0 Å². The Morgan fingerprint density at radius 3 is 2.94 bits per heavy atom. The number of rotatable bonds is 10. The molecule has 1 aliphatic carbocycles. The number of hydrogen-bond donors (Lipinski definition) is 1. The van der Waals surface area contributed by atoms with E-state index in [-0.39, 0.29) is 24.5 Å². The molecule has 31 heavy (non-hydrogen) atoms. The van der Waals surface area contributed by atoms with Crippen molar-refractivity contribution in [3.63, 3.8) is 0 Å². The van der Waals surface area contributed by atoms with Crippen LogP contribution in [0.25, 0.3) is 0 Å². The van der Waals surface area contributed by atoms with Gasteiger partial charge in [0.15, 0.2) is 5.13 Å². The summed E-state index contributed by atoms with van der Waals surface area (Å²) < 4.78 is 19.8. The summed E-state index contributed by atoms with van der Waals surface area (Å²) in [6.45, 7) is 1.03. The normalized spacial score (nSPS) is 14.4. The molecule has 2 aromatic rings. The molecule has 168 valence electrons. The number of carbonyl (C=O) groups is 2. The van der Waals surface area contributed by atoms with Gasteiger partial charge in [0, 0.05) is 17.6 Å². The molecular formula is C21H25ClFN3O3S2. The van der Waals surface area contributed by atoms with Crippen LogP contribution in [0.3, 0.4) is 0 Å². The van der Waals surface area contributed by atoms with E-state index in [9.17, 15) is 14.0 Å². The third kappa shape index (κ3) is 7.45. The topological polar surface area (TPSA) is 71.5 Å². The zero-order valence-corrected chi connectivity index (χ0v) is 19.4. The number of thioether (sulfide) groups is 1. The number of hydrogen-bond acceptors (Lipinski definition) is 6. The molecule has 6 nitrogen and oxygen atoms in total. The predicted octanol–water partition coefficient (Wildman–Crippen LogP) is 5.61. The average molecular weight is 486 g/mol. The lowest BCUT2D eigenvalue weighted by Crippen LogP contribution is -2.45. The Hall–Kier alpha value is -1.68. The highest BCUT2D eigenvalue weighted by molar-refractivity contribution is 8.01. The number of thiazole rings is 1.